The summed E-state index contributed by atoms with van der Waals surface area (Å²) in [6.07, 6.45) is 13.1. The van der Waals surface area contributed by atoms with Gasteiger partial charge in [-0.15, -0.1) is 0 Å². The smallest absolute Gasteiger partial charge is 0.0195 e. The molecular weight excluding hydrogens is 232 g/mol. The molecule has 1 atom stereocenters. The van der Waals surface area contributed by atoms with Gasteiger partial charge in [0.2, 0.25) is 0 Å². The first kappa shape index (κ1) is 13.9. The van der Waals surface area contributed by atoms with Crippen LogP contribution in [0.4, 0.5) is 0 Å². The fraction of sp³-hybridized carbons (Fsp3) is 1.00. The SMILES string of the molecule is CC1CCC(CN(CC2CCCCN2)C2CC2)CC1. The van der Waals surface area contributed by atoms with Crippen molar-refractivity contribution in [3.63, 3.8) is 0 Å². The zero-order valence-electron chi connectivity index (χ0n) is 12.7. The van der Waals surface area contributed by atoms with E-state index in [0.717, 1.165) is 23.9 Å². The summed E-state index contributed by atoms with van der Waals surface area (Å²) in [5.41, 5.74) is 0. The van der Waals surface area contributed by atoms with Crippen molar-refractivity contribution >= 4 is 0 Å². The first-order chi connectivity index (χ1) is 9.31. The van der Waals surface area contributed by atoms with Gasteiger partial charge < -0.3 is 5.32 Å². The molecule has 3 rings (SSSR count). The third-order valence-electron chi connectivity index (χ3n) is 5.56. The standard InChI is InChI=1S/C17H32N2/c1-14-5-7-15(8-6-14)12-19(17-9-10-17)13-16-4-2-3-11-18-16/h14-18H,2-13H2,1H3. The highest BCUT2D eigenvalue weighted by Crippen LogP contribution is 2.33. The van der Waals surface area contributed by atoms with Gasteiger partial charge in [-0.1, -0.05) is 26.2 Å². The van der Waals surface area contributed by atoms with Gasteiger partial charge in [-0.05, 0) is 56.9 Å². The van der Waals surface area contributed by atoms with Crippen LogP contribution in [-0.4, -0.2) is 36.6 Å². The predicted octanol–water partition coefficient (Wildman–Crippen LogP) is 3.42. The minimum absolute atomic E-state index is 0.789. The number of hydrogen-bond acceptors (Lipinski definition) is 2. The van der Waals surface area contributed by atoms with Gasteiger partial charge in [0.05, 0.1) is 0 Å². The molecule has 2 heteroatoms. The van der Waals surface area contributed by atoms with Crippen LogP contribution in [0.3, 0.4) is 0 Å². The summed E-state index contributed by atoms with van der Waals surface area (Å²) in [6, 6.07) is 1.74. The zero-order valence-corrected chi connectivity index (χ0v) is 12.7. The van der Waals surface area contributed by atoms with Crippen LogP contribution in [0.25, 0.3) is 0 Å². The molecule has 1 N–H and O–H groups in total. The van der Waals surface area contributed by atoms with E-state index in [0.29, 0.717) is 0 Å². The lowest BCUT2D eigenvalue weighted by atomic mass is 9.82. The van der Waals surface area contributed by atoms with Gasteiger partial charge in [-0.2, -0.15) is 0 Å². The first-order valence-corrected chi connectivity index (χ1v) is 8.78. The third kappa shape index (κ3) is 4.19. The molecule has 0 aromatic carbocycles. The van der Waals surface area contributed by atoms with E-state index in [1.807, 2.05) is 0 Å². The highest BCUT2D eigenvalue weighted by atomic mass is 15.2. The molecule has 0 bridgehead atoms. The average Bonchev–Trinajstić information content (AvgIpc) is 3.26. The number of nitrogens with one attached hydrogen (secondary N) is 1. The average molecular weight is 264 g/mol. The summed E-state index contributed by atoms with van der Waals surface area (Å²) in [6.45, 7) is 6.41. The van der Waals surface area contributed by atoms with E-state index >= 15 is 0 Å². The van der Waals surface area contributed by atoms with Crippen LogP contribution in [0.1, 0.15) is 64.7 Å². The Hall–Kier alpha value is -0.0800. The Labute approximate surface area is 119 Å². The van der Waals surface area contributed by atoms with Crippen LogP contribution in [0.2, 0.25) is 0 Å². The molecule has 0 aromatic heterocycles. The predicted molar refractivity (Wildman–Crippen MR) is 81.4 cm³/mol. The second kappa shape index (κ2) is 6.58. The monoisotopic (exact) mass is 264 g/mol. The van der Waals surface area contributed by atoms with Crippen LogP contribution in [0.5, 0.6) is 0 Å². The van der Waals surface area contributed by atoms with E-state index < -0.39 is 0 Å². The molecule has 3 fully saturated rings. The molecule has 2 aliphatic carbocycles. The van der Waals surface area contributed by atoms with Crippen molar-refractivity contribution in [3.8, 4) is 0 Å². The summed E-state index contributed by atoms with van der Waals surface area (Å²) < 4.78 is 0. The maximum Gasteiger partial charge on any atom is 0.0195 e. The molecule has 0 radical (unpaired) electrons. The summed E-state index contributed by atoms with van der Waals surface area (Å²) in [4.78, 5) is 2.85. The number of nitrogens with zero attached hydrogens (tertiary/aromatic N) is 1. The maximum absolute atomic E-state index is 3.73. The van der Waals surface area contributed by atoms with Gasteiger partial charge in [0.1, 0.15) is 0 Å². The fourth-order valence-electron chi connectivity index (χ4n) is 4.02. The lowest BCUT2D eigenvalue weighted by Crippen LogP contribution is -2.46. The molecule has 0 spiro atoms. The zero-order chi connectivity index (χ0) is 13.1. The molecule has 1 heterocycles. The van der Waals surface area contributed by atoms with Crippen molar-refractivity contribution in [1.82, 2.24) is 10.2 Å². The quantitative estimate of drug-likeness (QED) is 0.818. The maximum atomic E-state index is 3.73. The van der Waals surface area contributed by atoms with Gasteiger partial charge in [0.15, 0.2) is 0 Å². The summed E-state index contributed by atoms with van der Waals surface area (Å²) >= 11 is 0. The minimum Gasteiger partial charge on any atom is -0.313 e. The Kier molecular flexibility index (Phi) is 4.81. The molecule has 19 heavy (non-hydrogen) atoms. The van der Waals surface area contributed by atoms with E-state index in [2.05, 4.69) is 17.1 Å². The molecule has 3 aliphatic rings. The van der Waals surface area contributed by atoms with Crippen molar-refractivity contribution in [2.45, 2.75) is 76.8 Å². The Morgan fingerprint density at radius 2 is 1.68 bits per heavy atom. The third-order valence-corrected chi connectivity index (χ3v) is 5.56. The molecule has 1 unspecified atom stereocenters. The topological polar surface area (TPSA) is 15.3 Å². The van der Waals surface area contributed by atoms with Crippen LogP contribution >= 0.6 is 0 Å². The van der Waals surface area contributed by atoms with Crippen LogP contribution in [0.15, 0.2) is 0 Å². The van der Waals surface area contributed by atoms with Crippen LogP contribution in [0, 0.1) is 11.8 Å². The molecule has 0 amide bonds. The molecule has 110 valence electrons. The highest BCUT2D eigenvalue weighted by Gasteiger charge is 2.32. The Bertz CT molecular complexity index is 260. The van der Waals surface area contributed by atoms with Crippen molar-refractivity contribution in [1.29, 1.82) is 0 Å². The second-order valence-electron chi connectivity index (χ2n) is 7.46. The van der Waals surface area contributed by atoms with Gasteiger partial charge in [0.25, 0.3) is 0 Å². The molecule has 0 aromatic rings. The van der Waals surface area contributed by atoms with Crippen molar-refractivity contribution in [2.24, 2.45) is 11.8 Å². The van der Waals surface area contributed by atoms with Crippen molar-refractivity contribution in [2.75, 3.05) is 19.6 Å². The van der Waals surface area contributed by atoms with Crippen LogP contribution in [-0.2, 0) is 0 Å². The summed E-state index contributed by atoms with van der Waals surface area (Å²) in [5, 5.41) is 3.73. The Morgan fingerprint density at radius 3 is 2.32 bits per heavy atom. The van der Waals surface area contributed by atoms with Gasteiger partial charge in [0, 0.05) is 25.2 Å². The van der Waals surface area contributed by atoms with E-state index in [1.54, 1.807) is 0 Å². The Balaban J connectivity index is 1.46. The van der Waals surface area contributed by atoms with E-state index in [4.69, 9.17) is 0 Å². The second-order valence-corrected chi connectivity index (χ2v) is 7.46. The molecule has 2 nitrogen and oxygen atoms in total. The van der Waals surface area contributed by atoms with Gasteiger partial charge >= 0.3 is 0 Å². The number of hydrogen-bond donors (Lipinski definition) is 1. The molecule has 1 aliphatic heterocycles. The van der Waals surface area contributed by atoms with Crippen molar-refractivity contribution < 1.29 is 0 Å². The minimum atomic E-state index is 0.789. The van der Waals surface area contributed by atoms with Crippen molar-refractivity contribution in [3.05, 3.63) is 0 Å². The summed E-state index contributed by atoms with van der Waals surface area (Å²) in [7, 11) is 0. The van der Waals surface area contributed by atoms with E-state index in [1.165, 1.54) is 77.4 Å². The fourth-order valence-corrected chi connectivity index (χ4v) is 4.02. The normalized spacial score (nSPS) is 36.6. The molecule has 1 saturated heterocycles. The molecule has 2 saturated carbocycles. The summed E-state index contributed by atoms with van der Waals surface area (Å²) in [5.74, 6) is 1.99. The number of rotatable bonds is 5. The lowest BCUT2D eigenvalue weighted by molar-refractivity contribution is 0.157. The largest absolute Gasteiger partial charge is 0.313 e. The van der Waals surface area contributed by atoms with Crippen LogP contribution < -0.4 is 5.32 Å². The van der Waals surface area contributed by atoms with Gasteiger partial charge in [-0.25, -0.2) is 0 Å². The van der Waals surface area contributed by atoms with E-state index in [-0.39, 0.29) is 0 Å². The lowest BCUT2D eigenvalue weighted by Gasteiger charge is -2.35. The number of piperidine rings is 1. The Morgan fingerprint density at radius 1 is 0.895 bits per heavy atom. The first-order valence-electron chi connectivity index (χ1n) is 8.78. The van der Waals surface area contributed by atoms with E-state index in [9.17, 15) is 0 Å². The van der Waals surface area contributed by atoms with Gasteiger partial charge in [-0.3, -0.25) is 4.90 Å². The highest BCUT2D eigenvalue weighted by molar-refractivity contribution is 4.89. The molecular formula is C17H32N2.